The van der Waals surface area contributed by atoms with E-state index in [-0.39, 0.29) is 23.3 Å². The molecule has 10 heteroatoms. The van der Waals surface area contributed by atoms with E-state index >= 15 is 0 Å². The van der Waals surface area contributed by atoms with E-state index in [0.717, 1.165) is 15.5 Å². The van der Waals surface area contributed by atoms with E-state index in [1.165, 1.54) is 30.6 Å². The highest BCUT2D eigenvalue weighted by atomic mass is 35.5. The van der Waals surface area contributed by atoms with Gasteiger partial charge in [0.15, 0.2) is 6.61 Å². The normalized spacial score (nSPS) is 26.3. The quantitative estimate of drug-likeness (QED) is 0.346. The zero-order valence-corrected chi connectivity index (χ0v) is 22.3. The van der Waals surface area contributed by atoms with E-state index in [1.54, 1.807) is 24.3 Å². The summed E-state index contributed by atoms with van der Waals surface area (Å²) in [5.41, 5.74) is 1.49. The molecule has 35 heavy (non-hydrogen) atoms. The Hall–Kier alpha value is -1.64. The molecule has 0 spiro atoms. The highest BCUT2D eigenvalue weighted by Gasteiger charge is 2.55. The Labute approximate surface area is 225 Å². The smallest absolute Gasteiger partial charge is 0.305 e. The highest BCUT2D eigenvalue weighted by Crippen LogP contribution is 2.64. The predicted molar refractivity (Wildman–Crippen MR) is 143 cm³/mol. The number of carbonyl (C=O) groups excluding carboxylic acids is 1. The number of carbonyl (C=O) groups is 1. The Kier molecular flexibility index (Phi) is 6.34. The standard InChI is InChI=1S/C25H21Cl3N2O3S2/c26-13-3-6-18(33-10-19(31)29-14-4-5-16(27)17(28)9-14)15(8-13)21-20-11-1-2-12(7-11)22(20)34-24-23(21)35-25(32)30-24/h3-6,8-9,11-12,20-22H,1-2,7,10H2,(H,29,31)(H,30,32)/t11?,12?,20?,21-,22?/m1/s1. The molecule has 4 unspecified atom stereocenters. The van der Waals surface area contributed by atoms with Gasteiger partial charge in [0.05, 0.1) is 15.1 Å². The Morgan fingerprint density at radius 1 is 1.09 bits per heavy atom. The summed E-state index contributed by atoms with van der Waals surface area (Å²) in [5.74, 6) is 2.04. The van der Waals surface area contributed by atoms with Gasteiger partial charge in [0.25, 0.3) is 5.91 Å². The molecule has 3 aromatic rings. The van der Waals surface area contributed by atoms with Crippen molar-refractivity contribution < 1.29 is 9.53 Å². The first-order chi connectivity index (χ1) is 16.9. The van der Waals surface area contributed by atoms with Crippen molar-refractivity contribution >= 4 is 69.5 Å². The van der Waals surface area contributed by atoms with Crippen LogP contribution in [0, 0.1) is 17.8 Å². The second kappa shape index (κ2) is 9.34. The maximum absolute atomic E-state index is 12.6. The lowest BCUT2D eigenvalue weighted by atomic mass is 9.74. The van der Waals surface area contributed by atoms with Crippen molar-refractivity contribution in [1.29, 1.82) is 0 Å². The molecule has 1 aliphatic heterocycles. The van der Waals surface area contributed by atoms with Crippen molar-refractivity contribution in [2.75, 3.05) is 11.9 Å². The number of thiazole rings is 1. The van der Waals surface area contributed by atoms with Crippen LogP contribution in [0.3, 0.4) is 0 Å². The molecule has 2 saturated carbocycles. The number of hydrogen-bond acceptors (Lipinski definition) is 5. The largest absolute Gasteiger partial charge is 0.483 e. The minimum Gasteiger partial charge on any atom is -0.483 e. The average Bonchev–Trinajstić information content (AvgIpc) is 3.53. The number of rotatable bonds is 5. The number of fused-ring (bicyclic) bond motifs is 6. The van der Waals surface area contributed by atoms with E-state index in [9.17, 15) is 9.59 Å². The van der Waals surface area contributed by atoms with Gasteiger partial charge in [-0.1, -0.05) is 46.1 Å². The number of aromatic amines is 1. The molecule has 182 valence electrons. The van der Waals surface area contributed by atoms with Gasteiger partial charge in [-0.05, 0) is 73.4 Å². The second-order valence-electron chi connectivity index (χ2n) is 9.33. The summed E-state index contributed by atoms with van der Waals surface area (Å²) in [6, 6.07) is 10.4. The molecule has 0 saturated heterocycles. The van der Waals surface area contributed by atoms with Crippen LogP contribution in [0.5, 0.6) is 5.75 Å². The Bertz CT molecular complexity index is 1370. The van der Waals surface area contributed by atoms with E-state index in [0.29, 0.717) is 49.5 Å². The Morgan fingerprint density at radius 2 is 1.91 bits per heavy atom. The molecule has 2 aromatic carbocycles. The van der Waals surface area contributed by atoms with Gasteiger partial charge in [0.1, 0.15) is 5.75 Å². The first-order valence-corrected chi connectivity index (χ1v) is 14.3. The van der Waals surface area contributed by atoms with Gasteiger partial charge < -0.3 is 15.0 Å². The van der Waals surface area contributed by atoms with Gasteiger partial charge in [0.2, 0.25) is 0 Å². The zero-order valence-electron chi connectivity index (χ0n) is 18.4. The molecular weight excluding hydrogens is 547 g/mol. The number of ether oxygens (including phenoxy) is 1. The number of halogens is 3. The molecule has 2 aliphatic carbocycles. The Balaban J connectivity index is 1.30. The lowest BCUT2D eigenvalue weighted by Gasteiger charge is -2.40. The lowest BCUT2D eigenvalue weighted by molar-refractivity contribution is -0.118. The molecule has 5 atom stereocenters. The predicted octanol–water partition coefficient (Wildman–Crippen LogP) is 7.07. The molecule has 2 bridgehead atoms. The summed E-state index contributed by atoms with van der Waals surface area (Å²) in [4.78, 5) is 29.1. The second-order valence-corrected chi connectivity index (χ2v) is 12.8. The van der Waals surface area contributed by atoms with Crippen LogP contribution in [0.1, 0.15) is 35.6 Å². The third-order valence-corrected chi connectivity index (χ3v) is 10.9. The fourth-order valence-electron chi connectivity index (χ4n) is 6.01. The number of thioether (sulfide) groups is 1. The minimum absolute atomic E-state index is 0.0160. The van der Waals surface area contributed by atoms with E-state index in [2.05, 4.69) is 10.3 Å². The molecule has 2 N–H and O–H groups in total. The topological polar surface area (TPSA) is 71.2 Å². The van der Waals surface area contributed by atoms with Gasteiger partial charge >= 0.3 is 4.87 Å². The van der Waals surface area contributed by atoms with Crippen LogP contribution >= 0.6 is 57.9 Å². The highest BCUT2D eigenvalue weighted by molar-refractivity contribution is 8.00. The fraction of sp³-hybridized carbons (Fsp3) is 0.360. The minimum atomic E-state index is -0.312. The van der Waals surface area contributed by atoms with Crippen LogP contribution in [0.4, 0.5) is 5.69 Å². The van der Waals surface area contributed by atoms with Crippen LogP contribution in [-0.4, -0.2) is 22.7 Å². The van der Waals surface area contributed by atoms with Gasteiger partial charge in [0, 0.05) is 32.3 Å². The van der Waals surface area contributed by atoms with Crippen LogP contribution < -0.4 is 14.9 Å². The first-order valence-electron chi connectivity index (χ1n) is 11.4. The summed E-state index contributed by atoms with van der Waals surface area (Å²) < 4.78 is 6.06. The molecule has 5 nitrogen and oxygen atoms in total. The van der Waals surface area contributed by atoms with Crippen molar-refractivity contribution in [1.82, 2.24) is 4.98 Å². The number of amides is 1. The van der Waals surface area contributed by atoms with Crippen LogP contribution in [0.15, 0.2) is 46.2 Å². The van der Waals surface area contributed by atoms with Crippen molar-refractivity contribution in [3.05, 3.63) is 71.6 Å². The van der Waals surface area contributed by atoms with Gasteiger partial charge in [-0.3, -0.25) is 9.59 Å². The maximum Gasteiger partial charge on any atom is 0.305 e. The van der Waals surface area contributed by atoms with Gasteiger partial charge in [-0.2, -0.15) is 0 Å². The third kappa shape index (κ3) is 4.40. The first kappa shape index (κ1) is 23.7. The summed E-state index contributed by atoms with van der Waals surface area (Å²) in [7, 11) is 0. The molecule has 6 rings (SSSR count). The van der Waals surface area contributed by atoms with E-state index < -0.39 is 0 Å². The number of hydrogen-bond donors (Lipinski definition) is 2. The molecular formula is C25H21Cl3N2O3S2. The molecule has 1 amide bonds. The molecule has 0 radical (unpaired) electrons. The number of nitrogens with one attached hydrogen (secondary N) is 2. The van der Waals surface area contributed by atoms with E-state index in [4.69, 9.17) is 39.5 Å². The zero-order chi connectivity index (χ0) is 24.3. The summed E-state index contributed by atoms with van der Waals surface area (Å²) in [5, 5.41) is 5.62. The number of aromatic nitrogens is 1. The lowest BCUT2D eigenvalue weighted by Crippen LogP contribution is -2.34. The SMILES string of the molecule is O=C(COc1ccc(Cl)cc1[C@H]1c2sc(=O)[nH]c2SC2C3CCC(C3)C21)Nc1ccc(Cl)c(Cl)c1. The van der Waals surface area contributed by atoms with Crippen LogP contribution in [0.25, 0.3) is 0 Å². The number of anilines is 1. The number of H-pyrrole nitrogens is 1. The molecule has 2 heterocycles. The average molecular weight is 568 g/mol. The molecule has 2 fully saturated rings. The monoisotopic (exact) mass is 566 g/mol. The van der Waals surface area contributed by atoms with Crippen LogP contribution in [-0.2, 0) is 4.79 Å². The van der Waals surface area contributed by atoms with Crippen molar-refractivity contribution in [2.24, 2.45) is 17.8 Å². The molecule has 3 aliphatic rings. The van der Waals surface area contributed by atoms with Gasteiger partial charge in [-0.15, -0.1) is 11.8 Å². The van der Waals surface area contributed by atoms with Crippen molar-refractivity contribution in [2.45, 2.75) is 35.5 Å². The summed E-state index contributed by atoms with van der Waals surface area (Å²) >= 11 is 21.6. The van der Waals surface area contributed by atoms with Crippen molar-refractivity contribution in [3.63, 3.8) is 0 Å². The molecule has 1 aromatic heterocycles. The summed E-state index contributed by atoms with van der Waals surface area (Å²) in [6.07, 6.45) is 3.71. The van der Waals surface area contributed by atoms with Gasteiger partial charge in [-0.25, -0.2) is 0 Å². The van der Waals surface area contributed by atoms with Crippen molar-refractivity contribution in [3.8, 4) is 5.75 Å². The number of benzene rings is 2. The maximum atomic E-state index is 12.6. The van der Waals surface area contributed by atoms with Crippen LogP contribution in [0.2, 0.25) is 15.1 Å². The van der Waals surface area contributed by atoms with E-state index in [1.807, 2.05) is 23.9 Å². The third-order valence-electron chi connectivity index (χ3n) is 7.33. The Morgan fingerprint density at radius 3 is 2.74 bits per heavy atom. The fourth-order valence-corrected chi connectivity index (χ4v) is 9.37. The summed E-state index contributed by atoms with van der Waals surface area (Å²) in [6.45, 7) is -0.174.